The van der Waals surface area contributed by atoms with Crippen LogP contribution in [0.4, 0.5) is 5.69 Å². The summed E-state index contributed by atoms with van der Waals surface area (Å²) in [6, 6.07) is 7.93. The smallest absolute Gasteiger partial charge is 0.269 e. The fourth-order valence-electron chi connectivity index (χ4n) is 1.63. The zero-order valence-corrected chi connectivity index (χ0v) is 10.9. The minimum absolute atomic E-state index is 0.137. The third-order valence-corrected chi connectivity index (χ3v) is 2.83. The van der Waals surface area contributed by atoms with Crippen LogP contribution in [0.1, 0.15) is 0 Å². The lowest BCUT2D eigenvalue weighted by atomic mass is 10.00. The molecule has 2 rings (SSSR count). The second-order valence-corrected chi connectivity index (χ2v) is 4.31. The second-order valence-electron chi connectivity index (χ2n) is 4.31. The van der Waals surface area contributed by atoms with E-state index in [1.807, 2.05) is 0 Å². The number of nitro groups is 1. The van der Waals surface area contributed by atoms with E-state index in [1.165, 1.54) is 12.1 Å². The van der Waals surface area contributed by atoms with E-state index in [9.17, 15) is 10.1 Å². The van der Waals surface area contributed by atoms with Crippen LogP contribution in [0.2, 0.25) is 0 Å². The first kappa shape index (κ1) is 17.4. The summed E-state index contributed by atoms with van der Waals surface area (Å²) < 4.78 is 4.58. The average Bonchev–Trinajstić information content (AvgIpc) is 2.50. The van der Waals surface area contributed by atoms with Gasteiger partial charge in [0, 0.05) is 12.1 Å². The molecule has 0 radical (unpaired) electrons. The highest BCUT2D eigenvalue weighted by Crippen LogP contribution is 2.19. The minimum Gasteiger partial charge on any atom is -0.394 e. The molecular formula is C12H17NO8. The largest absolute Gasteiger partial charge is 0.394 e. The van der Waals surface area contributed by atoms with E-state index in [0.29, 0.717) is 0 Å². The van der Waals surface area contributed by atoms with Crippen molar-refractivity contribution in [3.8, 4) is 0 Å². The highest BCUT2D eigenvalue weighted by atomic mass is 16.6. The summed E-state index contributed by atoms with van der Waals surface area (Å²) >= 11 is 0. The van der Waals surface area contributed by atoms with E-state index >= 15 is 0 Å². The standard InChI is InChI=1S/C6H5NO2.C6H12O6/c8-7(9)6-4-2-1-3-5-6;7-1-2-3(8)4(9)5(10)6(11)12-2/h1-5H;2-11H,1H2/t;2-,3+,4+,5-,6?/m.1/s1. The van der Waals surface area contributed by atoms with Crippen molar-refractivity contribution in [3.05, 3.63) is 40.4 Å². The quantitative estimate of drug-likeness (QED) is 0.322. The van der Waals surface area contributed by atoms with E-state index in [-0.39, 0.29) is 5.69 Å². The van der Waals surface area contributed by atoms with Crippen molar-refractivity contribution >= 4 is 5.69 Å². The number of hydrogen-bond acceptors (Lipinski definition) is 8. The van der Waals surface area contributed by atoms with Crippen LogP contribution in [0, 0.1) is 10.1 Å². The van der Waals surface area contributed by atoms with Crippen LogP contribution >= 0.6 is 0 Å². The fraction of sp³-hybridized carbons (Fsp3) is 0.500. The second kappa shape index (κ2) is 7.98. The van der Waals surface area contributed by atoms with Gasteiger partial charge in [0.15, 0.2) is 6.29 Å². The Bertz CT molecular complexity index is 437. The van der Waals surface area contributed by atoms with Crippen LogP contribution in [-0.2, 0) is 4.74 Å². The van der Waals surface area contributed by atoms with E-state index in [1.54, 1.807) is 18.2 Å². The van der Waals surface area contributed by atoms with Gasteiger partial charge in [0.2, 0.25) is 0 Å². The summed E-state index contributed by atoms with van der Waals surface area (Å²) in [5.41, 5.74) is 0.137. The molecule has 9 nitrogen and oxygen atoms in total. The Morgan fingerprint density at radius 3 is 2.05 bits per heavy atom. The van der Waals surface area contributed by atoms with Crippen molar-refractivity contribution in [1.82, 2.24) is 0 Å². The van der Waals surface area contributed by atoms with Crippen molar-refractivity contribution in [1.29, 1.82) is 0 Å². The molecule has 1 aliphatic rings. The van der Waals surface area contributed by atoms with Gasteiger partial charge in [-0.05, 0) is 0 Å². The maximum Gasteiger partial charge on any atom is 0.269 e. The van der Waals surface area contributed by atoms with E-state index in [0.717, 1.165) is 0 Å². The summed E-state index contributed by atoms with van der Waals surface area (Å²) in [6.45, 7) is -0.526. The van der Waals surface area contributed by atoms with Gasteiger partial charge in [-0.1, -0.05) is 18.2 Å². The molecule has 1 fully saturated rings. The van der Waals surface area contributed by atoms with Crippen LogP contribution in [0.5, 0.6) is 0 Å². The Labute approximate surface area is 119 Å². The van der Waals surface area contributed by atoms with Gasteiger partial charge in [-0.15, -0.1) is 0 Å². The van der Waals surface area contributed by atoms with Crippen LogP contribution in [0.15, 0.2) is 30.3 Å². The molecule has 5 atom stereocenters. The molecule has 1 aromatic rings. The molecule has 0 aliphatic carbocycles. The molecule has 0 spiro atoms. The van der Waals surface area contributed by atoms with Gasteiger partial charge in [0.1, 0.15) is 24.4 Å². The number of para-hydroxylation sites is 1. The molecule has 21 heavy (non-hydrogen) atoms. The number of aliphatic hydroxyl groups is 5. The SMILES string of the molecule is O=[N+]([O-])c1ccccc1.OC[C@H]1OC(O)[C@H](O)[C@@H](O)[C@H]1O. The van der Waals surface area contributed by atoms with E-state index in [2.05, 4.69) is 4.74 Å². The van der Waals surface area contributed by atoms with Gasteiger partial charge in [-0.25, -0.2) is 0 Å². The van der Waals surface area contributed by atoms with Crippen molar-refractivity contribution < 1.29 is 35.2 Å². The molecule has 1 saturated heterocycles. The molecule has 1 unspecified atom stereocenters. The lowest BCUT2D eigenvalue weighted by Crippen LogP contribution is -2.58. The predicted octanol–water partition coefficient (Wildman–Crippen LogP) is -1.63. The summed E-state index contributed by atoms with van der Waals surface area (Å²) in [5.74, 6) is 0. The molecule has 1 aliphatic heterocycles. The first-order chi connectivity index (χ1) is 9.88. The zero-order valence-electron chi connectivity index (χ0n) is 10.9. The lowest BCUT2D eigenvalue weighted by Gasteiger charge is -2.37. The van der Waals surface area contributed by atoms with Crippen molar-refractivity contribution in [3.63, 3.8) is 0 Å². The first-order valence-electron chi connectivity index (χ1n) is 6.06. The summed E-state index contributed by atoms with van der Waals surface area (Å²) in [7, 11) is 0. The minimum atomic E-state index is -1.57. The van der Waals surface area contributed by atoms with Gasteiger partial charge < -0.3 is 30.3 Å². The van der Waals surface area contributed by atoms with Crippen LogP contribution < -0.4 is 0 Å². The summed E-state index contributed by atoms with van der Waals surface area (Å²) in [6.07, 6.45) is -7.04. The number of ether oxygens (including phenoxy) is 1. The van der Waals surface area contributed by atoms with Crippen LogP contribution in [0.3, 0.4) is 0 Å². The Hall–Kier alpha value is -1.62. The molecular weight excluding hydrogens is 286 g/mol. The third kappa shape index (κ3) is 4.70. The average molecular weight is 303 g/mol. The molecule has 9 heteroatoms. The summed E-state index contributed by atoms with van der Waals surface area (Å²) in [4.78, 5) is 9.59. The molecule has 118 valence electrons. The highest BCUT2D eigenvalue weighted by molar-refractivity contribution is 5.27. The monoisotopic (exact) mass is 303 g/mol. The number of aliphatic hydroxyl groups excluding tert-OH is 5. The maximum absolute atomic E-state index is 10.0. The Balaban J connectivity index is 0.000000219. The first-order valence-corrected chi connectivity index (χ1v) is 6.06. The number of non-ortho nitro benzene ring substituents is 1. The topological polar surface area (TPSA) is 154 Å². The number of nitrogens with zero attached hydrogens (tertiary/aromatic N) is 1. The number of rotatable bonds is 2. The Morgan fingerprint density at radius 2 is 1.62 bits per heavy atom. The fourth-order valence-corrected chi connectivity index (χ4v) is 1.63. The summed E-state index contributed by atoms with van der Waals surface area (Å²) in [5, 5.41) is 54.7. The van der Waals surface area contributed by atoms with Crippen LogP contribution in [-0.4, -0.2) is 67.8 Å². The molecule has 0 amide bonds. The number of benzene rings is 1. The highest BCUT2D eigenvalue weighted by Gasteiger charge is 2.42. The zero-order chi connectivity index (χ0) is 16.0. The molecule has 0 aromatic heterocycles. The Morgan fingerprint density at radius 1 is 1.05 bits per heavy atom. The van der Waals surface area contributed by atoms with E-state index in [4.69, 9.17) is 25.5 Å². The van der Waals surface area contributed by atoms with Gasteiger partial charge in [-0.3, -0.25) is 10.1 Å². The van der Waals surface area contributed by atoms with Gasteiger partial charge >= 0.3 is 0 Å². The predicted molar refractivity (Wildman–Crippen MR) is 69.1 cm³/mol. The van der Waals surface area contributed by atoms with Crippen LogP contribution in [0.25, 0.3) is 0 Å². The van der Waals surface area contributed by atoms with Gasteiger partial charge in [0.25, 0.3) is 5.69 Å². The maximum atomic E-state index is 10.0. The lowest BCUT2D eigenvalue weighted by molar-refractivity contribution is -0.384. The Kier molecular flexibility index (Phi) is 6.62. The normalized spacial score (nSPS) is 32.0. The van der Waals surface area contributed by atoms with Crippen molar-refractivity contribution in [2.75, 3.05) is 6.61 Å². The molecule has 1 heterocycles. The molecule has 0 bridgehead atoms. The third-order valence-electron chi connectivity index (χ3n) is 2.83. The van der Waals surface area contributed by atoms with Crippen molar-refractivity contribution in [2.45, 2.75) is 30.7 Å². The molecule has 1 aromatic carbocycles. The van der Waals surface area contributed by atoms with E-state index < -0.39 is 42.2 Å². The number of hydrogen-bond donors (Lipinski definition) is 5. The number of nitro benzene ring substituents is 1. The van der Waals surface area contributed by atoms with Crippen molar-refractivity contribution in [2.24, 2.45) is 0 Å². The van der Waals surface area contributed by atoms with Gasteiger partial charge in [0.05, 0.1) is 11.5 Å². The van der Waals surface area contributed by atoms with Gasteiger partial charge in [-0.2, -0.15) is 0 Å². The molecule has 0 saturated carbocycles. The molecule has 5 N–H and O–H groups in total.